The molecule has 0 N–H and O–H groups in total. The van der Waals surface area contributed by atoms with Crippen LogP contribution in [-0.2, 0) is 9.53 Å². The van der Waals surface area contributed by atoms with Gasteiger partial charge in [-0.3, -0.25) is 4.79 Å². The van der Waals surface area contributed by atoms with Gasteiger partial charge in [0.2, 0.25) is 0 Å². The summed E-state index contributed by atoms with van der Waals surface area (Å²) in [7, 11) is 0. The highest BCUT2D eigenvalue weighted by molar-refractivity contribution is 5.74. The molecule has 0 bridgehead atoms. The molecular formula is C15H22O2. The molecular weight excluding hydrogens is 212 g/mol. The van der Waals surface area contributed by atoms with Crippen LogP contribution in [0.1, 0.15) is 40.0 Å². The van der Waals surface area contributed by atoms with Crippen LogP contribution in [0.5, 0.6) is 0 Å². The van der Waals surface area contributed by atoms with Gasteiger partial charge in [0.1, 0.15) is 6.10 Å². The number of carbonyl (C=O) groups is 1. The number of rotatable bonds is 0. The molecule has 2 aliphatic carbocycles. The van der Waals surface area contributed by atoms with Crippen LogP contribution in [0.4, 0.5) is 0 Å². The first-order valence-electron chi connectivity index (χ1n) is 6.96. The summed E-state index contributed by atoms with van der Waals surface area (Å²) in [4.78, 5) is 11.9. The molecule has 2 heteroatoms. The molecule has 3 rings (SSSR count). The highest BCUT2D eigenvalue weighted by atomic mass is 16.5. The highest BCUT2D eigenvalue weighted by Crippen LogP contribution is 2.52. The van der Waals surface area contributed by atoms with E-state index in [4.69, 9.17) is 4.74 Å². The number of hydrogen-bond donors (Lipinski definition) is 0. The van der Waals surface area contributed by atoms with Crippen LogP contribution >= 0.6 is 0 Å². The van der Waals surface area contributed by atoms with Crippen molar-refractivity contribution in [2.24, 2.45) is 29.6 Å². The molecule has 0 aromatic heterocycles. The van der Waals surface area contributed by atoms with Crippen molar-refractivity contribution >= 4 is 5.97 Å². The highest BCUT2D eigenvalue weighted by Gasteiger charge is 2.51. The SMILES string of the molecule is CC1=CC[C@@H]2[C@H]3[C@@H](CC[C@H]2C)[C@@H](C)C(=O)O[C@H]13. The second-order valence-electron chi connectivity index (χ2n) is 6.29. The molecule has 0 radical (unpaired) electrons. The molecule has 2 nitrogen and oxygen atoms in total. The summed E-state index contributed by atoms with van der Waals surface area (Å²) in [6.07, 6.45) is 6.07. The normalized spacial score (nSPS) is 49.1. The molecule has 1 aliphatic heterocycles. The first kappa shape index (κ1) is 11.3. The molecule has 3 aliphatic rings. The second-order valence-corrected chi connectivity index (χ2v) is 6.29. The Morgan fingerprint density at radius 2 is 2.00 bits per heavy atom. The molecule has 0 unspecified atom stereocenters. The predicted molar refractivity (Wildman–Crippen MR) is 66.3 cm³/mol. The first-order valence-corrected chi connectivity index (χ1v) is 6.96. The van der Waals surface area contributed by atoms with Gasteiger partial charge in [-0.15, -0.1) is 0 Å². The summed E-state index contributed by atoms with van der Waals surface area (Å²) in [5.41, 5.74) is 1.28. The Morgan fingerprint density at radius 3 is 2.76 bits per heavy atom. The number of esters is 1. The van der Waals surface area contributed by atoms with E-state index in [1.165, 1.54) is 24.8 Å². The minimum atomic E-state index is 0.0270. The van der Waals surface area contributed by atoms with Gasteiger partial charge in [0, 0.05) is 5.92 Å². The van der Waals surface area contributed by atoms with Crippen molar-refractivity contribution in [1.29, 1.82) is 0 Å². The molecule has 0 aromatic rings. The molecule has 0 aromatic carbocycles. The zero-order valence-corrected chi connectivity index (χ0v) is 11.0. The second kappa shape index (κ2) is 3.86. The fourth-order valence-corrected chi connectivity index (χ4v) is 4.30. The van der Waals surface area contributed by atoms with E-state index in [2.05, 4.69) is 26.8 Å². The maximum Gasteiger partial charge on any atom is 0.309 e. The van der Waals surface area contributed by atoms with Gasteiger partial charge < -0.3 is 4.74 Å². The number of allylic oxidation sites excluding steroid dienone is 1. The minimum Gasteiger partial charge on any atom is -0.457 e. The van der Waals surface area contributed by atoms with E-state index >= 15 is 0 Å². The van der Waals surface area contributed by atoms with Crippen molar-refractivity contribution in [2.45, 2.75) is 46.1 Å². The van der Waals surface area contributed by atoms with Gasteiger partial charge in [0.15, 0.2) is 0 Å². The zero-order chi connectivity index (χ0) is 12.2. The maximum absolute atomic E-state index is 11.9. The Balaban J connectivity index is 1.99. The molecule has 1 saturated heterocycles. The molecule has 17 heavy (non-hydrogen) atoms. The van der Waals surface area contributed by atoms with Crippen LogP contribution in [0.2, 0.25) is 0 Å². The van der Waals surface area contributed by atoms with Crippen LogP contribution < -0.4 is 0 Å². The summed E-state index contributed by atoms with van der Waals surface area (Å²) in [5.74, 6) is 2.81. The largest absolute Gasteiger partial charge is 0.457 e. The van der Waals surface area contributed by atoms with Crippen LogP contribution in [0.3, 0.4) is 0 Å². The third-order valence-electron chi connectivity index (χ3n) is 5.44. The van der Waals surface area contributed by atoms with Gasteiger partial charge in [-0.1, -0.05) is 26.3 Å². The Kier molecular flexibility index (Phi) is 2.57. The summed E-state index contributed by atoms with van der Waals surface area (Å²) in [6.45, 7) is 6.55. The average molecular weight is 234 g/mol. The Morgan fingerprint density at radius 1 is 1.24 bits per heavy atom. The smallest absolute Gasteiger partial charge is 0.309 e. The van der Waals surface area contributed by atoms with E-state index in [0.29, 0.717) is 11.8 Å². The number of ether oxygens (including phenoxy) is 1. The van der Waals surface area contributed by atoms with Crippen molar-refractivity contribution in [1.82, 2.24) is 0 Å². The van der Waals surface area contributed by atoms with E-state index < -0.39 is 0 Å². The molecule has 1 saturated carbocycles. The van der Waals surface area contributed by atoms with Crippen molar-refractivity contribution in [3.8, 4) is 0 Å². The minimum absolute atomic E-state index is 0.0270. The van der Waals surface area contributed by atoms with Crippen LogP contribution in [-0.4, -0.2) is 12.1 Å². The van der Waals surface area contributed by atoms with Crippen LogP contribution in [0, 0.1) is 29.6 Å². The number of carbonyl (C=O) groups excluding carboxylic acids is 1. The summed E-state index contributed by atoms with van der Waals surface area (Å²) < 4.78 is 5.69. The molecule has 0 amide bonds. The van der Waals surface area contributed by atoms with Gasteiger partial charge >= 0.3 is 5.97 Å². The van der Waals surface area contributed by atoms with Crippen molar-refractivity contribution in [3.63, 3.8) is 0 Å². The first-order chi connectivity index (χ1) is 8.09. The maximum atomic E-state index is 11.9. The lowest BCUT2D eigenvalue weighted by molar-refractivity contribution is -0.177. The van der Waals surface area contributed by atoms with E-state index in [-0.39, 0.29) is 18.0 Å². The Hall–Kier alpha value is -0.790. The molecule has 1 heterocycles. The van der Waals surface area contributed by atoms with Gasteiger partial charge in [0.25, 0.3) is 0 Å². The predicted octanol–water partition coefficient (Wildman–Crippen LogP) is 3.18. The third kappa shape index (κ3) is 1.56. The molecule has 0 spiro atoms. The van der Waals surface area contributed by atoms with E-state index in [1.54, 1.807) is 0 Å². The average Bonchev–Trinajstić information content (AvgIpc) is 2.31. The van der Waals surface area contributed by atoms with E-state index in [9.17, 15) is 4.79 Å². The van der Waals surface area contributed by atoms with Crippen LogP contribution in [0.15, 0.2) is 11.6 Å². The zero-order valence-electron chi connectivity index (χ0n) is 11.0. The van der Waals surface area contributed by atoms with Crippen molar-refractivity contribution < 1.29 is 9.53 Å². The Labute approximate surface area is 103 Å². The summed E-state index contributed by atoms with van der Waals surface area (Å²) in [5, 5.41) is 0. The topological polar surface area (TPSA) is 26.3 Å². The fourth-order valence-electron chi connectivity index (χ4n) is 4.30. The van der Waals surface area contributed by atoms with Gasteiger partial charge in [0.05, 0.1) is 5.92 Å². The lowest BCUT2D eigenvalue weighted by Gasteiger charge is -2.52. The third-order valence-corrected chi connectivity index (χ3v) is 5.44. The monoisotopic (exact) mass is 234 g/mol. The quantitative estimate of drug-likeness (QED) is 0.475. The van der Waals surface area contributed by atoms with E-state index in [1.807, 2.05) is 0 Å². The Bertz CT molecular complexity index is 371. The van der Waals surface area contributed by atoms with Gasteiger partial charge in [-0.05, 0) is 43.1 Å². The summed E-state index contributed by atoms with van der Waals surface area (Å²) in [6, 6.07) is 0. The van der Waals surface area contributed by atoms with Gasteiger partial charge in [-0.25, -0.2) is 0 Å². The summed E-state index contributed by atoms with van der Waals surface area (Å²) >= 11 is 0. The van der Waals surface area contributed by atoms with Gasteiger partial charge in [-0.2, -0.15) is 0 Å². The number of hydrogen-bond acceptors (Lipinski definition) is 2. The lowest BCUT2D eigenvalue weighted by atomic mass is 9.57. The van der Waals surface area contributed by atoms with E-state index in [0.717, 1.165) is 11.8 Å². The molecule has 94 valence electrons. The van der Waals surface area contributed by atoms with Crippen LogP contribution in [0.25, 0.3) is 0 Å². The van der Waals surface area contributed by atoms with Crippen molar-refractivity contribution in [2.75, 3.05) is 0 Å². The molecule has 6 atom stereocenters. The standard InChI is InChI=1S/C15H22O2/c1-8-4-7-12-10(3)15(16)17-14-9(2)5-6-11(8)13(12)14/h5,8,10-14H,4,6-7H2,1-3H3/t8-,10-,11+,12+,13+,14-/m1/s1. The lowest BCUT2D eigenvalue weighted by Crippen LogP contribution is -2.52. The fraction of sp³-hybridized carbons (Fsp3) is 0.800. The molecule has 2 fully saturated rings. The van der Waals surface area contributed by atoms with Crippen molar-refractivity contribution in [3.05, 3.63) is 11.6 Å².